The number of hydrogen-bond acceptors (Lipinski definition) is 6. The van der Waals surface area contributed by atoms with Gasteiger partial charge in [0.2, 0.25) is 11.9 Å². The molecule has 1 aromatic carbocycles. The number of nitrogens with zero attached hydrogens (tertiary/aromatic N) is 4. The number of aryl methyl sites for hydroxylation is 1. The minimum atomic E-state index is -3.45. The normalized spacial score (nSPS) is 14.6. The van der Waals surface area contributed by atoms with Crippen molar-refractivity contribution in [3.8, 4) is 0 Å². The molecule has 0 radical (unpaired) electrons. The number of rotatable bonds is 3. The van der Waals surface area contributed by atoms with Gasteiger partial charge in [0.25, 0.3) is 0 Å². The van der Waals surface area contributed by atoms with Gasteiger partial charge in [0.1, 0.15) is 9.84 Å². The van der Waals surface area contributed by atoms with E-state index in [1.807, 2.05) is 6.92 Å². The van der Waals surface area contributed by atoms with Gasteiger partial charge in [-0.1, -0.05) is 12.0 Å². The van der Waals surface area contributed by atoms with Crippen LogP contribution in [0.2, 0.25) is 0 Å². The zero-order valence-corrected chi connectivity index (χ0v) is 16.7. The van der Waals surface area contributed by atoms with Gasteiger partial charge in [-0.05, 0) is 27.8 Å². The van der Waals surface area contributed by atoms with Crippen LogP contribution in [0, 0.1) is 13.0 Å². The molecule has 1 aliphatic rings. The van der Waals surface area contributed by atoms with Crippen molar-refractivity contribution in [3.05, 3.63) is 34.9 Å². The Hall–Kier alpha value is -1.86. The van der Waals surface area contributed by atoms with E-state index in [9.17, 15) is 13.2 Å². The summed E-state index contributed by atoms with van der Waals surface area (Å²) in [4.78, 5) is 12.6. The largest absolute Gasteiger partial charge is 0.297 e. The SMILES string of the molecule is CCn1nnnc1NC(=O)c1c[c-]c2c(c1C)S(=O)(=O)CC=C2.[W]. The molecule has 1 N–H and O–H groups in total. The second-order valence-electron chi connectivity index (χ2n) is 5.03. The van der Waals surface area contributed by atoms with Gasteiger partial charge in [0.05, 0.1) is 5.75 Å². The quantitative estimate of drug-likeness (QED) is 0.607. The summed E-state index contributed by atoms with van der Waals surface area (Å²) in [6.07, 6.45) is 3.27. The maximum Gasteiger partial charge on any atom is 0.249 e. The first kappa shape index (κ1) is 18.5. The predicted octanol–water partition coefficient (Wildman–Crippen LogP) is 0.852. The van der Waals surface area contributed by atoms with E-state index in [4.69, 9.17) is 0 Å². The van der Waals surface area contributed by atoms with E-state index in [-0.39, 0.29) is 43.2 Å². The van der Waals surface area contributed by atoms with Crippen molar-refractivity contribution in [2.75, 3.05) is 11.1 Å². The van der Waals surface area contributed by atoms with E-state index in [0.29, 0.717) is 17.7 Å². The molecule has 8 nitrogen and oxygen atoms in total. The zero-order chi connectivity index (χ0) is 16.6. The van der Waals surface area contributed by atoms with E-state index < -0.39 is 15.7 Å². The monoisotopic (exact) mass is 516 g/mol. The Bertz CT molecular complexity index is 920. The van der Waals surface area contributed by atoms with Crippen LogP contribution in [0.5, 0.6) is 0 Å². The van der Waals surface area contributed by atoms with Crippen LogP contribution in [0.4, 0.5) is 5.95 Å². The molecule has 1 aliphatic heterocycles. The van der Waals surface area contributed by atoms with Crippen molar-refractivity contribution in [2.24, 2.45) is 0 Å². The molecule has 0 saturated heterocycles. The molecule has 10 heteroatoms. The minimum absolute atomic E-state index is 0. The Labute approximate surface area is 153 Å². The molecular weight excluding hydrogens is 502 g/mol. The van der Waals surface area contributed by atoms with Gasteiger partial charge in [-0.3, -0.25) is 10.1 Å². The van der Waals surface area contributed by atoms with Crippen LogP contribution < -0.4 is 5.32 Å². The number of fused-ring (bicyclic) bond motifs is 1. The number of carbonyl (C=O) groups excluding carboxylic acids is 1. The van der Waals surface area contributed by atoms with Crippen molar-refractivity contribution in [1.82, 2.24) is 20.2 Å². The summed E-state index contributed by atoms with van der Waals surface area (Å²) in [6, 6.07) is 4.34. The van der Waals surface area contributed by atoms with Crippen LogP contribution in [-0.4, -0.2) is 40.3 Å². The molecule has 0 aliphatic carbocycles. The van der Waals surface area contributed by atoms with E-state index >= 15 is 0 Å². The minimum Gasteiger partial charge on any atom is -0.297 e. The molecule has 24 heavy (non-hydrogen) atoms. The summed E-state index contributed by atoms with van der Waals surface area (Å²) in [5.41, 5.74) is 1.10. The number of carbonyl (C=O) groups is 1. The molecule has 0 fully saturated rings. The van der Waals surface area contributed by atoms with Gasteiger partial charge < -0.3 is 0 Å². The third-order valence-corrected chi connectivity index (χ3v) is 5.35. The number of nitrogens with one attached hydrogen (secondary N) is 1. The number of aromatic nitrogens is 4. The molecule has 0 spiro atoms. The summed E-state index contributed by atoms with van der Waals surface area (Å²) in [7, 11) is -3.45. The number of amides is 1. The number of sulfone groups is 1. The van der Waals surface area contributed by atoms with E-state index in [0.717, 1.165) is 0 Å². The number of benzene rings is 1. The summed E-state index contributed by atoms with van der Waals surface area (Å²) in [6.45, 7) is 3.95. The van der Waals surface area contributed by atoms with Crippen molar-refractivity contribution < 1.29 is 34.3 Å². The number of tetrazole rings is 1. The molecule has 0 atom stereocenters. The summed E-state index contributed by atoms with van der Waals surface area (Å²) in [5, 5.41) is 13.5. The van der Waals surface area contributed by atoms with Gasteiger partial charge >= 0.3 is 0 Å². The second-order valence-corrected chi connectivity index (χ2v) is 7.00. The van der Waals surface area contributed by atoms with Crippen molar-refractivity contribution in [2.45, 2.75) is 25.3 Å². The van der Waals surface area contributed by atoms with Gasteiger partial charge in [-0.25, -0.2) is 13.1 Å². The van der Waals surface area contributed by atoms with Crippen LogP contribution in [0.15, 0.2) is 17.0 Å². The van der Waals surface area contributed by atoms with Crippen molar-refractivity contribution in [1.29, 1.82) is 0 Å². The maximum atomic E-state index is 12.4. The Morgan fingerprint density at radius 2 is 2.21 bits per heavy atom. The standard InChI is InChI=1S/C14H14N5O3S.W/c1-3-19-14(16-17-18-19)15-13(20)11-7-6-10-5-4-8-23(21,22)12(10)9(11)2;/h4-5,7H,3,8H2,1-2H3,(H,15,16,18,20);/q-1;. The number of anilines is 1. The fourth-order valence-corrected chi connectivity index (χ4v) is 4.02. The molecule has 3 rings (SSSR count). The molecule has 0 saturated carbocycles. The summed E-state index contributed by atoms with van der Waals surface area (Å²) >= 11 is 0. The number of hydrogen-bond donors (Lipinski definition) is 1. The average Bonchev–Trinajstić information content (AvgIpc) is 2.93. The topological polar surface area (TPSA) is 107 Å². The van der Waals surface area contributed by atoms with Gasteiger partial charge in [-0.15, -0.1) is 35.4 Å². The van der Waals surface area contributed by atoms with E-state index in [1.165, 1.54) is 10.7 Å². The summed E-state index contributed by atoms with van der Waals surface area (Å²) in [5.74, 6) is -0.346. The zero-order valence-electron chi connectivity index (χ0n) is 13.0. The third-order valence-electron chi connectivity index (χ3n) is 3.57. The summed E-state index contributed by atoms with van der Waals surface area (Å²) < 4.78 is 25.9. The van der Waals surface area contributed by atoms with Crippen LogP contribution in [0.1, 0.15) is 28.4 Å². The molecule has 1 amide bonds. The molecule has 0 unspecified atom stereocenters. The first-order valence-corrected chi connectivity index (χ1v) is 8.61. The fraction of sp³-hybridized carbons (Fsp3) is 0.286. The first-order chi connectivity index (χ1) is 10.9. The Kier molecular flexibility index (Phi) is 5.35. The van der Waals surface area contributed by atoms with Crippen molar-refractivity contribution >= 4 is 27.8 Å². The molecule has 2 heterocycles. The fourth-order valence-electron chi connectivity index (χ4n) is 2.46. The Morgan fingerprint density at radius 3 is 2.92 bits per heavy atom. The Morgan fingerprint density at radius 1 is 1.46 bits per heavy atom. The van der Waals surface area contributed by atoms with Crippen LogP contribution in [-0.2, 0) is 37.4 Å². The van der Waals surface area contributed by atoms with Crippen LogP contribution >= 0.6 is 0 Å². The predicted molar refractivity (Wildman–Crippen MR) is 82.5 cm³/mol. The second kappa shape index (κ2) is 6.94. The van der Waals surface area contributed by atoms with E-state index in [2.05, 4.69) is 26.9 Å². The molecule has 2 aromatic rings. The van der Waals surface area contributed by atoms with Gasteiger partial charge in [0.15, 0.2) is 0 Å². The molecule has 0 bridgehead atoms. The van der Waals surface area contributed by atoms with Gasteiger partial charge in [0, 0.05) is 27.6 Å². The maximum absolute atomic E-state index is 12.4. The van der Waals surface area contributed by atoms with E-state index in [1.54, 1.807) is 19.1 Å². The molecule has 1 aromatic heterocycles. The molecular formula is C14H14N5O3SW-. The first-order valence-electron chi connectivity index (χ1n) is 6.96. The average molecular weight is 516 g/mol. The van der Waals surface area contributed by atoms with Crippen LogP contribution in [0.3, 0.4) is 0 Å². The third kappa shape index (κ3) is 3.18. The smallest absolute Gasteiger partial charge is 0.249 e. The molecule has 126 valence electrons. The van der Waals surface area contributed by atoms with Crippen molar-refractivity contribution in [3.63, 3.8) is 0 Å². The van der Waals surface area contributed by atoms with Gasteiger partial charge in [-0.2, -0.15) is 0 Å². The van der Waals surface area contributed by atoms with Crippen LogP contribution in [0.25, 0.3) is 6.08 Å². The Balaban J connectivity index is 0.00000208.